The fourth-order valence-electron chi connectivity index (χ4n) is 2.31. The maximum Gasteiger partial charge on any atom is 0.311 e. The lowest BCUT2D eigenvalue weighted by Crippen LogP contribution is -2.06. The highest BCUT2D eigenvalue weighted by atomic mass is 16.6. The van der Waals surface area contributed by atoms with E-state index in [-0.39, 0.29) is 23.3 Å². The van der Waals surface area contributed by atoms with Gasteiger partial charge in [-0.05, 0) is 29.8 Å². The highest BCUT2D eigenvalue weighted by Crippen LogP contribution is 2.28. The molecule has 0 aliphatic heterocycles. The molecule has 0 aliphatic carbocycles. The van der Waals surface area contributed by atoms with E-state index in [0.29, 0.717) is 5.56 Å². The molecule has 0 saturated heterocycles. The summed E-state index contributed by atoms with van der Waals surface area (Å²) >= 11 is 0. The number of nitrogen functional groups attached to an aromatic ring is 1. The molecule has 138 valence electrons. The molecule has 0 aliphatic rings. The van der Waals surface area contributed by atoms with Crippen molar-refractivity contribution in [3.05, 3.63) is 70.0 Å². The second-order valence-electron chi connectivity index (χ2n) is 5.51. The van der Waals surface area contributed by atoms with Gasteiger partial charge in [0, 0.05) is 11.8 Å². The number of aromatic hydroxyl groups is 1. The van der Waals surface area contributed by atoms with Gasteiger partial charge in [-0.2, -0.15) is 20.2 Å². The van der Waals surface area contributed by atoms with E-state index in [1.807, 2.05) is 24.3 Å². The van der Waals surface area contributed by atoms with Gasteiger partial charge in [-0.25, -0.2) is 0 Å². The third-order valence-corrected chi connectivity index (χ3v) is 3.55. The van der Waals surface area contributed by atoms with E-state index in [4.69, 9.17) is 5.73 Å². The average Bonchev–Trinajstić information content (AvgIpc) is 2.67. The molecule has 0 bridgehead atoms. The zero-order valence-corrected chi connectivity index (χ0v) is 14.3. The van der Waals surface area contributed by atoms with E-state index in [9.17, 15) is 20.5 Å². The first-order chi connectivity index (χ1) is 13.5. The van der Waals surface area contributed by atoms with Gasteiger partial charge >= 0.3 is 5.69 Å². The van der Waals surface area contributed by atoms with Crippen LogP contribution in [0.5, 0.6) is 5.75 Å². The summed E-state index contributed by atoms with van der Waals surface area (Å²) in [5.41, 5.74) is 6.30. The van der Waals surface area contributed by atoms with Crippen LogP contribution in [0.15, 0.2) is 48.5 Å². The number of nitriles is 1. The third kappa shape index (κ3) is 4.17. The van der Waals surface area contributed by atoms with Crippen molar-refractivity contribution in [2.45, 2.75) is 0 Å². The Labute approximate surface area is 158 Å². The predicted octanol–water partition coefficient (Wildman–Crippen LogP) is 2.88. The van der Waals surface area contributed by atoms with Gasteiger partial charge in [-0.15, -0.1) is 0 Å². The number of nitrogens with two attached hydrogens (primary N) is 1. The van der Waals surface area contributed by atoms with Gasteiger partial charge in [0.1, 0.15) is 6.07 Å². The molecule has 0 atom stereocenters. The van der Waals surface area contributed by atoms with Crippen molar-refractivity contribution in [3.63, 3.8) is 0 Å². The van der Waals surface area contributed by atoms with E-state index in [2.05, 4.69) is 20.3 Å². The summed E-state index contributed by atoms with van der Waals surface area (Å²) in [4.78, 5) is 22.4. The normalized spacial score (nSPS) is 10.9. The molecule has 0 radical (unpaired) electrons. The summed E-state index contributed by atoms with van der Waals surface area (Å²) in [6, 6.07) is 14.8. The number of phenols is 1. The van der Waals surface area contributed by atoms with Crippen molar-refractivity contribution in [1.29, 1.82) is 5.26 Å². The lowest BCUT2D eigenvalue weighted by Gasteiger charge is -2.07. The lowest BCUT2D eigenvalue weighted by molar-refractivity contribution is -0.385. The Hall–Kier alpha value is -4.52. The summed E-state index contributed by atoms with van der Waals surface area (Å²) in [6.07, 6.45) is 1.35. The minimum absolute atomic E-state index is 0.00385. The maximum absolute atomic E-state index is 11.0. The molecule has 0 fully saturated rings. The summed E-state index contributed by atoms with van der Waals surface area (Å²) in [5.74, 6) is -0.420. The standard InChI is InChI=1S/C18H13N7O3/c19-10-12(8-11-6-7-15(26)14(9-11)25(27)28)16-22-17(20)24-18(23-16)21-13-4-2-1-3-5-13/h1-9,26H,(H3,20,21,22,23,24)/b12-8+. The van der Waals surface area contributed by atoms with Crippen LogP contribution in [0.2, 0.25) is 0 Å². The minimum atomic E-state index is -0.721. The quantitative estimate of drug-likeness (QED) is 0.345. The summed E-state index contributed by atoms with van der Waals surface area (Å²) in [5, 5.41) is 32.9. The number of anilines is 3. The second-order valence-corrected chi connectivity index (χ2v) is 5.51. The fraction of sp³-hybridized carbons (Fsp3) is 0. The first kappa shape index (κ1) is 18.3. The Morgan fingerprint density at radius 1 is 1.21 bits per heavy atom. The zero-order chi connectivity index (χ0) is 20.1. The van der Waals surface area contributed by atoms with Crippen molar-refractivity contribution < 1.29 is 10.0 Å². The van der Waals surface area contributed by atoms with Crippen LogP contribution in [-0.4, -0.2) is 25.0 Å². The van der Waals surface area contributed by atoms with E-state index in [1.165, 1.54) is 18.2 Å². The highest BCUT2D eigenvalue weighted by molar-refractivity contribution is 5.88. The number of nitrogens with one attached hydrogen (secondary N) is 1. The van der Waals surface area contributed by atoms with E-state index >= 15 is 0 Å². The number of phenolic OH excluding ortho intramolecular Hbond substituents is 1. The fourth-order valence-corrected chi connectivity index (χ4v) is 2.31. The summed E-state index contributed by atoms with van der Waals surface area (Å²) in [7, 11) is 0. The van der Waals surface area contributed by atoms with Gasteiger partial charge in [0.2, 0.25) is 11.9 Å². The van der Waals surface area contributed by atoms with E-state index in [1.54, 1.807) is 12.1 Å². The Balaban J connectivity index is 1.99. The Morgan fingerprint density at radius 3 is 2.64 bits per heavy atom. The number of para-hydroxylation sites is 1. The number of hydrogen-bond donors (Lipinski definition) is 3. The number of rotatable bonds is 5. The molecule has 0 spiro atoms. The number of allylic oxidation sites excluding steroid dienone is 1. The van der Waals surface area contributed by atoms with Crippen molar-refractivity contribution in [2.75, 3.05) is 11.1 Å². The average molecular weight is 375 g/mol. The van der Waals surface area contributed by atoms with Gasteiger partial charge in [-0.3, -0.25) is 10.1 Å². The zero-order valence-electron chi connectivity index (χ0n) is 14.3. The molecule has 1 aromatic heterocycles. The third-order valence-electron chi connectivity index (χ3n) is 3.55. The molecule has 1 heterocycles. The topological polar surface area (TPSA) is 164 Å². The number of nitro benzene ring substituents is 1. The first-order valence-corrected chi connectivity index (χ1v) is 7.89. The molecule has 0 amide bonds. The molecule has 4 N–H and O–H groups in total. The van der Waals surface area contributed by atoms with Crippen LogP contribution in [0.25, 0.3) is 11.6 Å². The number of nitrogens with zero attached hydrogens (tertiary/aromatic N) is 5. The summed E-state index contributed by atoms with van der Waals surface area (Å²) in [6.45, 7) is 0. The lowest BCUT2D eigenvalue weighted by atomic mass is 10.1. The van der Waals surface area contributed by atoms with Crippen molar-refractivity contribution in [2.24, 2.45) is 0 Å². The Bertz CT molecular complexity index is 1110. The number of benzene rings is 2. The molecular weight excluding hydrogens is 362 g/mol. The minimum Gasteiger partial charge on any atom is -0.502 e. The van der Waals surface area contributed by atoms with Crippen molar-refractivity contribution in [1.82, 2.24) is 15.0 Å². The number of aromatic nitrogens is 3. The number of hydrogen-bond acceptors (Lipinski definition) is 9. The molecule has 0 saturated carbocycles. The predicted molar refractivity (Wildman–Crippen MR) is 102 cm³/mol. The summed E-state index contributed by atoms with van der Waals surface area (Å²) < 4.78 is 0. The molecule has 10 nitrogen and oxygen atoms in total. The van der Waals surface area contributed by atoms with Gasteiger partial charge in [-0.1, -0.05) is 24.3 Å². The van der Waals surface area contributed by atoms with Crippen LogP contribution in [0.3, 0.4) is 0 Å². The molecule has 3 aromatic rings. The Kier molecular flexibility index (Phi) is 5.09. The van der Waals surface area contributed by atoms with Crippen LogP contribution in [0.1, 0.15) is 11.4 Å². The SMILES string of the molecule is N#C/C(=C\c1ccc(O)c([N+](=O)[O-])c1)c1nc(N)nc(Nc2ccccc2)n1. The van der Waals surface area contributed by atoms with Crippen LogP contribution in [0.4, 0.5) is 23.3 Å². The smallest absolute Gasteiger partial charge is 0.311 e. The van der Waals surface area contributed by atoms with Crippen LogP contribution in [0, 0.1) is 21.4 Å². The van der Waals surface area contributed by atoms with Gasteiger partial charge < -0.3 is 16.2 Å². The second kappa shape index (κ2) is 7.79. The van der Waals surface area contributed by atoms with Crippen LogP contribution < -0.4 is 11.1 Å². The molecular formula is C18H13N7O3. The van der Waals surface area contributed by atoms with E-state index < -0.39 is 16.4 Å². The molecule has 28 heavy (non-hydrogen) atoms. The van der Waals surface area contributed by atoms with Crippen LogP contribution >= 0.6 is 0 Å². The maximum atomic E-state index is 11.0. The van der Waals surface area contributed by atoms with Crippen molar-refractivity contribution in [3.8, 4) is 11.8 Å². The largest absolute Gasteiger partial charge is 0.502 e. The van der Waals surface area contributed by atoms with Gasteiger partial charge in [0.25, 0.3) is 0 Å². The molecule has 2 aromatic carbocycles. The molecule has 3 rings (SSSR count). The van der Waals surface area contributed by atoms with Gasteiger partial charge in [0.05, 0.1) is 10.5 Å². The number of nitro groups is 1. The Morgan fingerprint density at radius 2 is 1.96 bits per heavy atom. The molecule has 0 unspecified atom stereocenters. The van der Waals surface area contributed by atoms with Crippen LogP contribution in [-0.2, 0) is 0 Å². The highest BCUT2D eigenvalue weighted by Gasteiger charge is 2.15. The van der Waals surface area contributed by atoms with E-state index in [0.717, 1.165) is 11.8 Å². The van der Waals surface area contributed by atoms with Crippen molar-refractivity contribution >= 4 is 34.9 Å². The van der Waals surface area contributed by atoms with Gasteiger partial charge in [0.15, 0.2) is 11.6 Å². The monoisotopic (exact) mass is 375 g/mol. The first-order valence-electron chi connectivity index (χ1n) is 7.89. The molecule has 10 heteroatoms.